The van der Waals surface area contributed by atoms with Gasteiger partial charge >= 0.3 is 0 Å². The van der Waals surface area contributed by atoms with Gasteiger partial charge in [-0.15, -0.1) is 0 Å². The first kappa shape index (κ1) is 27.1. The Morgan fingerprint density at radius 2 is 1.98 bits per heavy atom. The van der Waals surface area contributed by atoms with Crippen LogP contribution in [0.4, 0.5) is 11.6 Å². The average molecular weight is 562 g/mol. The largest absolute Gasteiger partial charge is 0.383 e. The van der Waals surface area contributed by atoms with Crippen molar-refractivity contribution in [2.75, 3.05) is 37.7 Å². The Morgan fingerprint density at radius 3 is 2.74 bits per heavy atom. The summed E-state index contributed by atoms with van der Waals surface area (Å²) in [5, 5.41) is 12.6. The molecule has 1 atom stereocenters. The molecule has 4 heterocycles. The molecular formula is C31H31N9O2. The number of aromatic nitrogens is 4. The van der Waals surface area contributed by atoms with E-state index >= 15 is 0 Å². The highest BCUT2D eigenvalue weighted by Crippen LogP contribution is 2.36. The van der Waals surface area contributed by atoms with Crippen molar-refractivity contribution in [2.45, 2.75) is 31.3 Å². The number of anilines is 2. The Hall–Kier alpha value is -5.08. The molecule has 2 amide bonds. The fraction of sp³-hybridized carbons (Fsp3) is 0.290. The fourth-order valence-electron chi connectivity index (χ4n) is 5.42. The Labute approximate surface area is 243 Å². The molecule has 1 aliphatic heterocycles. The van der Waals surface area contributed by atoms with Crippen LogP contribution in [-0.4, -0.2) is 73.9 Å². The van der Waals surface area contributed by atoms with Crippen molar-refractivity contribution in [2.24, 2.45) is 0 Å². The van der Waals surface area contributed by atoms with Gasteiger partial charge in [-0.1, -0.05) is 18.2 Å². The van der Waals surface area contributed by atoms with E-state index in [1.807, 2.05) is 35.4 Å². The van der Waals surface area contributed by atoms with Crippen molar-refractivity contribution in [3.63, 3.8) is 0 Å². The Morgan fingerprint density at radius 1 is 1.17 bits per heavy atom. The van der Waals surface area contributed by atoms with Crippen LogP contribution >= 0.6 is 0 Å². The number of likely N-dealkylation sites (N-methyl/N-ethyl adjacent to an activating group) is 1. The van der Waals surface area contributed by atoms with Crippen molar-refractivity contribution in [3.8, 4) is 17.2 Å². The van der Waals surface area contributed by atoms with Gasteiger partial charge in [0.15, 0.2) is 0 Å². The molecule has 1 saturated carbocycles. The molecule has 0 radical (unpaired) electrons. The molecule has 3 aromatic heterocycles. The number of likely N-dealkylation sites (tertiary alicyclic amines) is 1. The maximum atomic E-state index is 12.9. The highest BCUT2D eigenvalue weighted by Gasteiger charge is 2.29. The molecule has 3 N–H and O–H groups in total. The molecule has 11 heteroatoms. The molecule has 6 rings (SSSR count). The van der Waals surface area contributed by atoms with Gasteiger partial charge in [0, 0.05) is 55.3 Å². The van der Waals surface area contributed by atoms with E-state index in [1.165, 1.54) is 31.4 Å². The number of hydrogen-bond acceptors (Lipinski definition) is 8. The summed E-state index contributed by atoms with van der Waals surface area (Å²) in [6.07, 6.45) is 11.9. The Balaban J connectivity index is 1.20. The molecule has 212 valence electrons. The molecule has 0 spiro atoms. The highest BCUT2D eigenvalue weighted by atomic mass is 16.2. The molecular weight excluding hydrogens is 530 g/mol. The van der Waals surface area contributed by atoms with Gasteiger partial charge in [0.25, 0.3) is 5.91 Å². The number of nitrogens with two attached hydrogens (primary N) is 1. The van der Waals surface area contributed by atoms with Gasteiger partial charge in [-0.2, -0.15) is 5.26 Å². The lowest BCUT2D eigenvalue weighted by atomic mass is 10.0. The zero-order valence-electron chi connectivity index (χ0n) is 23.3. The first-order valence-electron chi connectivity index (χ1n) is 14.0. The van der Waals surface area contributed by atoms with E-state index < -0.39 is 0 Å². The van der Waals surface area contributed by atoms with Gasteiger partial charge in [-0.3, -0.25) is 14.5 Å². The minimum absolute atomic E-state index is 0.0240. The number of fused-ring (bicyclic) bond motifs is 1. The third kappa shape index (κ3) is 5.57. The Kier molecular flexibility index (Phi) is 7.37. The molecule has 11 nitrogen and oxygen atoms in total. The predicted octanol–water partition coefficient (Wildman–Crippen LogP) is 3.62. The van der Waals surface area contributed by atoms with Crippen molar-refractivity contribution in [1.29, 1.82) is 5.26 Å². The van der Waals surface area contributed by atoms with Crippen molar-refractivity contribution in [1.82, 2.24) is 29.3 Å². The van der Waals surface area contributed by atoms with Crippen molar-refractivity contribution >= 4 is 34.5 Å². The van der Waals surface area contributed by atoms with Crippen LogP contribution < -0.4 is 11.1 Å². The number of benzene rings is 1. The number of nitrogens with one attached hydrogen (secondary N) is 1. The van der Waals surface area contributed by atoms with Gasteiger partial charge in [0.05, 0.1) is 23.1 Å². The van der Waals surface area contributed by atoms with Crippen LogP contribution in [0, 0.1) is 11.3 Å². The van der Waals surface area contributed by atoms with Gasteiger partial charge < -0.3 is 20.5 Å². The van der Waals surface area contributed by atoms with Crippen LogP contribution in [0.1, 0.15) is 41.2 Å². The van der Waals surface area contributed by atoms with E-state index in [1.54, 1.807) is 24.3 Å². The molecule has 42 heavy (non-hydrogen) atoms. The highest BCUT2D eigenvalue weighted by molar-refractivity contribution is 6.05. The second kappa shape index (κ2) is 11.4. The first-order valence-corrected chi connectivity index (χ1v) is 14.0. The van der Waals surface area contributed by atoms with Crippen LogP contribution in [0.2, 0.25) is 0 Å². The van der Waals surface area contributed by atoms with Gasteiger partial charge in [0.1, 0.15) is 23.6 Å². The normalized spacial score (nSPS) is 16.8. The number of nitriles is 1. The lowest BCUT2D eigenvalue weighted by Crippen LogP contribution is -2.28. The number of pyridine rings is 1. The molecule has 2 fully saturated rings. The number of hydrogen-bond donors (Lipinski definition) is 2. The molecule has 4 aromatic rings. The molecule has 1 aromatic carbocycles. The number of rotatable bonds is 8. The first-order chi connectivity index (χ1) is 20.4. The molecule has 1 saturated heterocycles. The van der Waals surface area contributed by atoms with E-state index in [-0.39, 0.29) is 17.9 Å². The minimum atomic E-state index is -0.335. The fourth-order valence-corrected chi connectivity index (χ4v) is 5.42. The molecule has 1 aliphatic carbocycles. The van der Waals surface area contributed by atoms with Crippen LogP contribution in [-0.2, 0) is 4.79 Å². The SMILES string of the molecule is CN(C/C=C/C(=O)N1CC[C@@H](n2cc(-c3ccc(C(=O)Nc4cc(C#N)ccn4)cc3)c3c(N)ncnc32)C1)C1CC1. The number of carbonyl (C=O) groups is 2. The zero-order chi connectivity index (χ0) is 29.2. The topological polar surface area (TPSA) is 146 Å². The Bertz CT molecular complexity index is 1720. The summed E-state index contributed by atoms with van der Waals surface area (Å²) < 4.78 is 2.09. The third-order valence-corrected chi connectivity index (χ3v) is 7.92. The third-order valence-electron chi connectivity index (χ3n) is 7.92. The monoisotopic (exact) mass is 561 g/mol. The van der Waals surface area contributed by atoms with E-state index in [2.05, 4.69) is 36.8 Å². The van der Waals surface area contributed by atoms with Crippen LogP contribution in [0.25, 0.3) is 22.2 Å². The summed E-state index contributed by atoms with van der Waals surface area (Å²) in [5.41, 5.74) is 9.61. The van der Waals surface area contributed by atoms with Gasteiger partial charge in [-0.05, 0) is 56.1 Å². The van der Waals surface area contributed by atoms with E-state index in [0.29, 0.717) is 47.5 Å². The smallest absolute Gasteiger partial charge is 0.256 e. The second-order valence-corrected chi connectivity index (χ2v) is 10.8. The van der Waals surface area contributed by atoms with Crippen LogP contribution in [0.15, 0.2) is 67.3 Å². The van der Waals surface area contributed by atoms with Crippen molar-refractivity contribution in [3.05, 3.63) is 78.4 Å². The summed E-state index contributed by atoms with van der Waals surface area (Å²) >= 11 is 0. The maximum absolute atomic E-state index is 12.9. The number of nitrogens with zero attached hydrogens (tertiary/aromatic N) is 7. The number of nitrogen functional groups attached to an aromatic ring is 1. The average Bonchev–Trinajstić information content (AvgIpc) is 3.61. The molecule has 0 bridgehead atoms. The second-order valence-electron chi connectivity index (χ2n) is 10.8. The number of carbonyl (C=O) groups excluding carboxylic acids is 2. The summed E-state index contributed by atoms with van der Waals surface area (Å²) in [6, 6.07) is 13.0. The van der Waals surface area contributed by atoms with Crippen molar-refractivity contribution < 1.29 is 9.59 Å². The summed E-state index contributed by atoms with van der Waals surface area (Å²) in [7, 11) is 2.09. The van der Waals surface area contributed by atoms with E-state index in [4.69, 9.17) is 11.0 Å². The minimum Gasteiger partial charge on any atom is -0.383 e. The summed E-state index contributed by atoms with van der Waals surface area (Å²) in [5.74, 6) is 0.364. The van der Waals surface area contributed by atoms with Crippen LogP contribution in [0.5, 0.6) is 0 Å². The molecule has 2 aliphatic rings. The quantitative estimate of drug-likeness (QED) is 0.310. The lowest BCUT2D eigenvalue weighted by molar-refractivity contribution is -0.125. The molecule has 0 unspecified atom stereocenters. The standard InChI is InChI=1S/C31H31N9O2/c1-38(23-8-9-23)13-2-3-27(41)39-14-11-24(17-39)40-18-25(28-29(33)35-19-36-30(28)40)21-4-6-22(7-5-21)31(42)37-26-15-20(16-32)10-12-34-26/h2-7,10,12,15,18-19,23-24H,8-9,11,13-14,17H2,1H3,(H2,33,35,36)(H,34,37,42)/b3-2+/t24-/m1/s1. The summed E-state index contributed by atoms with van der Waals surface area (Å²) in [6.45, 7) is 2.02. The van der Waals surface area contributed by atoms with Gasteiger partial charge in [0.2, 0.25) is 5.91 Å². The predicted molar refractivity (Wildman–Crippen MR) is 159 cm³/mol. The number of amides is 2. The summed E-state index contributed by atoms with van der Waals surface area (Å²) in [4.78, 5) is 42.7. The van der Waals surface area contributed by atoms with Gasteiger partial charge in [-0.25, -0.2) is 15.0 Å². The van der Waals surface area contributed by atoms with E-state index in [9.17, 15) is 9.59 Å². The van der Waals surface area contributed by atoms with Crippen LogP contribution in [0.3, 0.4) is 0 Å². The van der Waals surface area contributed by atoms with E-state index in [0.717, 1.165) is 29.5 Å². The lowest BCUT2D eigenvalue weighted by Gasteiger charge is -2.16. The maximum Gasteiger partial charge on any atom is 0.256 e. The zero-order valence-corrected chi connectivity index (χ0v) is 23.3.